The Bertz CT molecular complexity index is 548. The predicted molar refractivity (Wildman–Crippen MR) is 174 cm³/mol. The molecule has 1 atom stereocenters. The molecule has 0 aromatic heterocycles. The third-order valence-electron chi connectivity index (χ3n) is 7.76. The zero-order valence-corrected chi connectivity index (χ0v) is 26.5. The molecule has 0 aliphatic rings. The number of unbranched alkanes of at least 4 members (excludes halogenated alkanes) is 20. The van der Waals surface area contributed by atoms with Crippen LogP contribution in [0.5, 0.6) is 0 Å². The summed E-state index contributed by atoms with van der Waals surface area (Å²) >= 11 is 0. The zero-order chi connectivity index (χ0) is 28.3. The molecule has 0 rings (SSSR count). The van der Waals surface area contributed by atoms with Crippen LogP contribution in [0.4, 0.5) is 0 Å². The van der Waals surface area contributed by atoms with Crippen molar-refractivity contribution < 1.29 is 9.53 Å². The van der Waals surface area contributed by atoms with Crippen molar-refractivity contribution in [1.29, 1.82) is 0 Å². The summed E-state index contributed by atoms with van der Waals surface area (Å²) in [5.41, 5.74) is 0. The lowest BCUT2D eigenvalue weighted by atomic mass is 10.0. The van der Waals surface area contributed by atoms with Gasteiger partial charge in [-0.3, -0.25) is 4.79 Å². The standard InChI is InChI=1S/C37H68O2/c1-3-5-7-9-11-13-15-17-19-21-23-25-27-29-31-33-35-37(39-36-38)34-32-30-28-26-24-22-20-18-16-14-12-10-8-6-4-2/h11,13,16-19,36-37H,3-10,12,14-15,20-35H2,1-2H3/b13-11-,18-16-,19-17-. The highest BCUT2D eigenvalue weighted by Crippen LogP contribution is 2.17. The van der Waals surface area contributed by atoms with E-state index < -0.39 is 0 Å². The summed E-state index contributed by atoms with van der Waals surface area (Å²) in [4.78, 5) is 10.9. The lowest BCUT2D eigenvalue weighted by molar-refractivity contribution is -0.134. The Morgan fingerprint density at radius 3 is 1.21 bits per heavy atom. The third kappa shape index (κ3) is 32.8. The Balaban J connectivity index is 3.49. The monoisotopic (exact) mass is 545 g/mol. The van der Waals surface area contributed by atoms with E-state index in [-0.39, 0.29) is 6.10 Å². The van der Waals surface area contributed by atoms with Gasteiger partial charge in [0, 0.05) is 0 Å². The van der Waals surface area contributed by atoms with Crippen LogP contribution in [0.15, 0.2) is 36.5 Å². The second kappa shape index (κ2) is 34.7. The fourth-order valence-electron chi connectivity index (χ4n) is 5.16. The third-order valence-corrected chi connectivity index (χ3v) is 7.76. The van der Waals surface area contributed by atoms with Crippen LogP contribution < -0.4 is 0 Å². The molecule has 0 fully saturated rings. The number of carbonyl (C=O) groups excluding carboxylic acids is 1. The lowest BCUT2D eigenvalue weighted by Gasteiger charge is -2.15. The molecule has 0 amide bonds. The molecule has 0 heterocycles. The molecule has 0 bridgehead atoms. The molecule has 1 unspecified atom stereocenters. The van der Waals surface area contributed by atoms with Crippen molar-refractivity contribution in [2.24, 2.45) is 0 Å². The molecule has 0 aromatic rings. The minimum atomic E-state index is 0.139. The van der Waals surface area contributed by atoms with E-state index in [1.807, 2.05) is 0 Å². The molecule has 0 spiro atoms. The lowest BCUT2D eigenvalue weighted by Crippen LogP contribution is -2.12. The van der Waals surface area contributed by atoms with Crippen LogP contribution in [-0.2, 0) is 9.53 Å². The van der Waals surface area contributed by atoms with Gasteiger partial charge >= 0.3 is 0 Å². The Labute approximate surface area is 245 Å². The Morgan fingerprint density at radius 2 is 0.769 bits per heavy atom. The van der Waals surface area contributed by atoms with E-state index >= 15 is 0 Å². The number of hydrogen-bond acceptors (Lipinski definition) is 2. The topological polar surface area (TPSA) is 26.3 Å². The molecule has 0 radical (unpaired) electrons. The van der Waals surface area contributed by atoms with E-state index in [4.69, 9.17) is 4.74 Å². The van der Waals surface area contributed by atoms with Gasteiger partial charge in [-0.05, 0) is 83.5 Å². The maximum atomic E-state index is 10.9. The second-order valence-electron chi connectivity index (χ2n) is 11.6. The van der Waals surface area contributed by atoms with Crippen LogP contribution in [0.25, 0.3) is 0 Å². The summed E-state index contributed by atoms with van der Waals surface area (Å²) in [5, 5.41) is 0. The van der Waals surface area contributed by atoms with E-state index in [1.165, 1.54) is 154 Å². The number of hydrogen-bond donors (Lipinski definition) is 0. The van der Waals surface area contributed by atoms with Crippen molar-refractivity contribution in [2.45, 2.75) is 193 Å². The van der Waals surface area contributed by atoms with Crippen molar-refractivity contribution in [1.82, 2.24) is 0 Å². The fraction of sp³-hybridized carbons (Fsp3) is 0.811. The summed E-state index contributed by atoms with van der Waals surface area (Å²) < 4.78 is 5.38. The molecule has 228 valence electrons. The normalized spacial score (nSPS) is 12.8. The van der Waals surface area contributed by atoms with E-state index in [0.29, 0.717) is 6.47 Å². The average molecular weight is 545 g/mol. The predicted octanol–water partition coefficient (Wildman–Crippen LogP) is 12.8. The summed E-state index contributed by atoms with van der Waals surface area (Å²) in [6.45, 7) is 5.20. The molecule has 0 saturated carbocycles. The molecule has 2 nitrogen and oxygen atoms in total. The van der Waals surface area contributed by atoms with Gasteiger partial charge in [0.2, 0.25) is 0 Å². The molecule has 0 aromatic carbocycles. The summed E-state index contributed by atoms with van der Waals surface area (Å²) in [6, 6.07) is 0. The molecule has 0 N–H and O–H groups in total. The maximum Gasteiger partial charge on any atom is 0.293 e. The maximum absolute atomic E-state index is 10.9. The molecule has 0 saturated heterocycles. The van der Waals surface area contributed by atoms with Crippen molar-refractivity contribution in [3.8, 4) is 0 Å². The van der Waals surface area contributed by atoms with Crippen molar-refractivity contribution >= 4 is 6.47 Å². The largest absolute Gasteiger partial charge is 0.465 e. The Kier molecular flexibility index (Phi) is 33.6. The minimum absolute atomic E-state index is 0.139. The number of carbonyl (C=O) groups is 1. The number of allylic oxidation sites excluding steroid dienone is 6. The van der Waals surface area contributed by atoms with Gasteiger partial charge < -0.3 is 4.74 Å². The van der Waals surface area contributed by atoms with E-state index in [2.05, 4.69) is 50.3 Å². The first kappa shape index (κ1) is 37.7. The molecule has 0 aliphatic heterocycles. The van der Waals surface area contributed by atoms with E-state index in [9.17, 15) is 4.79 Å². The number of rotatable bonds is 32. The zero-order valence-electron chi connectivity index (χ0n) is 26.5. The first-order chi connectivity index (χ1) is 19.3. The van der Waals surface area contributed by atoms with Crippen LogP contribution in [0.2, 0.25) is 0 Å². The first-order valence-corrected chi connectivity index (χ1v) is 17.4. The minimum Gasteiger partial charge on any atom is -0.465 e. The van der Waals surface area contributed by atoms with Crippen molar-refractivity contribution in [3.05, 3.63) is 36.5 Å². The van der Waals surface area contributed by atoms with Crippen LogP contribution in [0, 0.1) is 0 Å². The highest BCUT2D eigenvalue weighted by molar-refractivity contribution is 5.37. The summed E-state index contributed by atoms with van der Waals surface area (Å²) in [7, 11) is 0. The summed E-state index contributed by atoms with van der Waals surface area (Å²) in [6.07, 6.45) is 48.8. The molecular formula is C37H68O2. The van der Waals surface area contributed by atoms with Crippen LogP contribution in [0.1, 0.15) is 187 Å². The van der Waals surface area contributed by atoms with Crippen molar-refractivity contribution in [2.75, 3.05) is 0 Å². The van der Waals surface area contributed by atoms with Gasteiger partial charge in [-0.2, -0.15) is 0 Å². The molecular weight excluding hydrogens is 476 g/mol. The first-order valence-electron chi connectivity index (χ1n) is 17.4. The van der Waals surface area contributed by atoms with E-state index in [1.54, 1.807) is 0 Å². The highest BCUT2D eigenvalue weighted by Gasteiger charge is 2.08. The van der Waals surface area contributed by atoms with Crippen LogP contribution in [-0.4, -0.2) is 12.6 Å². The number of ether oxygens (including phenoxy) is 1. The SMILES string of the molecule is CCCCC/C=C\C/C=C\CCCCCCCCC(CCCCCCCC/C=C\CCCCCCC)OC=O. The van der Waals surface area contributed by atoms with Gasteiger partial charge in [-0.25, -0.2) is 0 Å². The Morgan fingerprint density at radius 1 is 0.436 bits per heavy atom. The van der Waals surface area contributed by atoms with Crippen LogP contribution >= 0.6 is 0 Å². The van der Waals surface area contributed by atoms with Crippen LogP contribution in [0.3, 0.4) is 0 Å². The molecule has 39 heavy (non-hydrogen) atoms. The van der Waals surface area contributed by atoms with Gasteiger partial charge in [-0.1, -0.05) is 140 Å². The molecule has 0 aliphatic carbocycles. The Hall–Kier alpha value is -1.31. The van der Waals surface area contributed by atoms with Gasteiger partial charge in [-0.15, -0.1) is 0 Å². The molecule has 2 heteroatoms. The van der Waals surface area contributed by atoms with Crippen molar-refractivity contribution in [3.63, 3.8) is 0 Å². The van der Waals surface area contributed by atoms with Gasteiger partial charge in [0.15, 0.2) is 0 Å². The van der Waals surface area contributed by atoms with Gasteiger partial charge in [0.05, 0.1) is 0 Å². The smallest absolute Gasteiger partial charge is 0.293 e. The van der Waals surface area contributed by atoms with Gasteiger partial charge in [0.25, 0.3) is 6.47 Å². The summed E-state index contributed by atoms with van der Waals surface area (Å²) in [5.74, 6) is 0. The quantitative estimate of drug-likeness (QED) is 0.0478. The highest BCUT2D eigenvalue weighted by atomic mass is 16.5. The second-order valence-corrected chi connectivity index (χ2v) is 11.6. The fourth-order valence-corrected chi connectivity index (χ4v) is 5.16. The average Bonchev–Trinajstić information content (AvgIpc) is 2.94. The van der Waals surface area contributed by atoms with E-state index in [0.717, 1.165) is 19.3 Å². The van der Waals surface area contributed by atoms with Gasteiger partial charge in [0.1, 0.15) is 6.10 Å².